The zero-order valence-electron chi connectivity index (χ0n) is 13.8. The number of hydrogen-bond donors (Lipinski definition) is 1. The van der Waals surface area contributed by atoms with Crippen molar-refractivity contribution in [2.75, 3.05) is 26.0 Å². The molecule has 0 radical (unpaired) electrons. The summed E-state index contributed by atoms with van der Waals surface area (Å²) in [5.74, 6) is -1.43. The first-order valence-corrected chi connectivity index (χ1v) is 3.48. The van der Waals surface area contributed by atoms with Crippen molar-refractivity contribution in [1.29, 1.82) is 0 Å². The molecular weight excluding hydrogens is 140 g/mol. The molecule has 1 saturated heterocycles. The second-order valence-electron chi connectivity index (χ2n) is 2.55. The number of hydrogen-bond acceptors (Lipinski definition) is 2. The van der Waals surface area contributed by atoms with Crippen LogP contribution < -0.4 is 5.32 Å². The van der Waals surface area contributed by atoms with E-state index in [1.807, 2.05) is 0 Å². The molecule has 0 spiro atoms. The van der Waals surface area contributed by atoms with Crippen molar-refractivity contribution >= 4 is 5.91 Å². The van der Waals surface area contributed by atoms with Crippen LogP contribution in [0.3, 0.4) is 0 Å². The Morgan fingerprint density at radius 2 is 2.09 bits per heavy atom. The molecule has 1 saturated carbocycles. The average molecular weight is 162 g/mol. The Labute approximate surface area is 78.0 Å². The fraction of sp³-hybridized carbons (Fsp3) is 0.875. The van der Waals surface area contributed by atoms with Gasteiger partial charge in [0.15, 0.2) is 0 Å². The van der Waals surface area contributed by atoms with Crippen LogP contribution in [0.15, 0.2) is 0 Å². The number of carbonyl (C=O) groups excluding carboxylic acids is 1. The largest absolute Gasteiger partial charge is 0.340 e. The molecule has 2 rings (SSSR count). The van der Waals surface area contributed by atoms with Crippen molar-refractivity contribution in [3.05, 3.63) is 0 Å². The molecular formula is C8H14N2O. The van der Waals surface area contributed by atoms with E-state index < -0.39 is 37.8 Å². The molecule has 1 aliphatic carbocycles. The highest BCUT2D eigenvalue weighted by Gasteiger charge is 2.33. The summed E-state index contributed by atoms with van der Waals surface area (Å²) in [5, 5.41) is 1.68. The van der Waals surface area contributed by atoms with Gasteiger partial charge in [0.2, 0.25) is 5.91 Å². The Morgan fingerprint density at radius 3 is 2.64 bits per heavy atom. The van der Waals surface area contributed by atoms with E-state index in [-0.39, 0.29) is 4.90 Å². The lowest BCUT2D eigenvalue weighted by atomic mass is 10.3. The fourth-order valence-corrected chi connectivity index (χ4v) is 0.850. The summed E-state index contributed by atoms with van der Waals surface area (Å²) in [6.45, 7) is -11.8. The van der Waals surface area contributed by atoms with E-state index in [9.17, 15) is 4.79 Å². The monoisotopic (exact) mass is 162 g/mol. The van der Waals surface area contributed by atoms with Crippen molar-refractivity contribution < 1.29 is 15.8 Å². The number of rotatable bonds is 1. The van der Waals surface area contributed by atoms with Gasteiger partial charge < -0.3 is 10.2 Å². The van der Waals surface area contributed by atoms with Crippen LogP contribution in [0.2, 0.25) is 0 Å². The number of nitrogens with zero attached hydrogens (tertiary/aromatic N) is 1. The molecule has 0 aromatic carbocycles. The van der Waals surface area contributed by atoms with Crippen molar-refractivity contribution in [2.45, 2.75) is 12.8 Å². The van der Waals surface area contributed by atoms with E-state index in [1.54, 1.807) is 5.32 Å². The van der Waals surface area contributed by atoms with Gasteiger partial charge in [-0.1, -0.05) is 0 Å². The van der Waals surface area contributed by atoms with Crippen molar-refractivity contribution in [3.8, 4) is 0 Å². The van der Waals surface area contributed by atoms with Crippen LogP contribution in [0.1, 0.15) is 23.8 Å². The zero-order chi connectivity index (χ0) is 14.9. The second-order valence-corrected chi connectivity index (χ2v) is 2.55. The number of carbonyl (C=O) groups is 1. The van der Waals surface area contributed by atoms with Crippen molar-refractivity contribution in [1.82, 2.24) is 10.2 Å². The maximum absolute atomic E-state index is 12.1. The lowest BCUT2D eigenvalue weighted by molar-refractivity contribution is -0.133. The molecule has 2 aliphatic rings. The van der Waals surface area contributed by atoms with E-state index in [4.69, 9.17) is 11.0 Å². The lowest BCUT2D eigenvalue weighted by Crippen LogP contribution is -2.46. The minimum Gasteiger partial charge on any atom is -0.340 e. The first-order valence-electron chi connectivity index (χ1n) is 7.48. The highest BCUT2D eigenvalue weighted by molar-refractivity contribution is 5.81. The number of piperazine rings is 1. The molecule has 1 N–H and O–H groups in total. The Hall–Kier alpha value is -0.570. The zero-order valence-corrected chi connectivity index (χ0v) is 5.85. The van der Waals surface area contributed by atoms with Crippen molar-refractivity contribution in [2.24, 2.45) is 5.92 Å². The smallest absolute Gasteiger partial charge is 0.225 e. The summed E-state index contributed by atoms with van der Waals surface area (Å²) >= 11 is 0. The molecule has 1 heterocycles. The number of amides is 1. The topological polar surface area (TPSA) is 32.3 Å². The molecule has 62 valence electrons. The molecule has 2 fully saturated rings. The van der Waals surface area contributed by atoms with E-state index in [0.29, 0.717) is 12.8 Å². The summed E-state index contributed by atoms with van der Waals surface area (Å²) in [4.78, 5) is 12.1. The van der Waals surface area contributed by atoms with Gasteiger partial charge in [-0.25, -0.2) is 0 Å². The third kappa shape index (κ3) is 1.53. The molecule has 1 aliphatic heterocycles. The standard InChI is InChI=1S/C8H14N2O/c11-8(7-1-2-7)10-5-3-9-4-6-10/h7,9H,1-6H2/i3D2,4D2,5D2,6D2. The van der Waals surface area contributed by atoms with Crippen LogP contribution in [0, 0.1) is 5.92 Å². The molecule has 0 aromatic rings. The van der Waals surface area contributed by atoms with Crippen LogP contribution in [0.5, 0.6) is 0 Å². The molecule has 1 amide bonds. The first kappa shape index (κ1) is 2.46. The Balaban J connectivity index is 2.51. The van der Waals surface area contributed by atoms with Gasteiger partial charge in [0.1, 0.15) is 0 Å². The van der Waals surface area contributed by atoms with Gasteiger partial charge in [0, 0.05) is 37.4 Å². The van der Waals surface area contributed by atoms with Crippen LogP contribution in [-0.4, -0.2) is 36.8 Å². The van der Waals surface area contributed by atoms with Crippen LogP contribution >= 0.6 is 0 Å². The van der Waals surface area contributed by atoms with E-state index in [2.05, 4.69) is 0 Å². The average Bonchev–Trinajstić information content (AvgIpc) is 2.95. The first-order chi connectivity index (χ1) is 8.34. The minimum atomic E-state index is -2.98. The highest BCUT2D eigenvalue weighted by atomic mass is 16.2. The molecule has 0 aromatic heterocycles. The van der Waals surface area contributed by atoms with Crippen molar-refractivity contribution in [3.63, 3.8) is 0 Å². The molecule has 0 bridgehead atoms. The molecule has 11 heavy (non-hydrogen) atoms. The van der Waals surface area contributed by atoms with Crippen LogP contribution in [0.4, 0.5) is 0 Å². The van der Waals surface area contributed by atoms with Gasteiger partial charge in [0.25, 0.3) is 0 Å². The maximum Gasteiger partial charge on any atom is 0.225 e. The third-order valence-electron chi connectivity index (χ3n) is 1.61. The molecule has 3 heteroatoms. The van der Waals surface area contributed by atoms with Gasteiger partial charge in [-0.05, 0) is 12.8 Å². The summed E-state index contributed by atoms with van der Waals surface area (Å²) in [6, 6.07) is 0. The Morgan fingerprint density at radius 1 is 1.45 bits per heavy atom. The fourth-order valence-electron chi connectivity index (χ4n) is 0.850. The second kappa shape index (κ2) is 2.81. The molecule has 3 nitrogen and oxygen atoms in total. The SMILES string of the molecule is [2H]C1([2H])NC([2H])([2H])C([2H])([2H])N(C(=O)C2CC2)C1([2H])[2H]. The quantitative estimate of drug-likeness (QED) is 0.580. The Kier molecular flexibility index (Phi) is 0.629. The Bertz CT molecular complexity index is 393. The predicted octanol–water partition coefficient (Wildman–Crippen LogP) is -0.172. The summed E-state index contributed by atoms with van der Waals surface area (Å²) in [6.07, 6.45) is 0.974. The van der Waals surface area contributed by atoms with Gasteiger partial charge in [-0.15, -0.1) is 0 Å². The maximum atomic E-state index is 12.1. The van der Waals surface area contributed by atoms with E-state index in [1.165, 1.54) is 0 Å². The highest BCUT2D eigenvalue weighted by Crippen LogP contribution is 2.30. The molecule has 0 atom stereocenters. The van der Waals surface area contributed by atoms with Gasteiger partial charge in [-0.2, -0.15) is 0 Å². The van der Waals surface area contributed by atoms with Gasteiger partial charge in [0.05, 0.1) is 5.48 Å². The number of nitrogens with one attached hydrogen (secondary N) is 1. The predicted molar refractivity (Wildman–Crippen MR) is 42.2 cm³/mol. The van der Waals surface area contributed by atoms with Gasteiger partial charge >= 0.3 is 0 Å². The van der Waals surface area contributed by atoms with Crippen LogP contribution in [0.25, 0.3) is 0 Å². The summed E-state index contributed by atoms with van der Waals surface area (Å²) in [7, 11) is 0. The van der Waals surface area contributed by atoms with E-state index >= 15 is 0 Å². The molecule has 0 unspecified atom stereocenters. The van der Waals surface area contributed by atoms with Gasteiger partial charge in [-0.3, -0.25) is 4.79 Å². The minimum absolute atomic E-state index is 0.0914. The normalized spacial score (nSPS) is 54.4. The summed E-state index contributed by atoms with van der Waals surface area (Å²) < 4.78 is 60.9. The van der Waals surface area contributed by atoms with Crippen LogP contribution in [-0.2, 0) is 4.79 Å². The third-order valence-corrected chi connectivity index (χ3v) is 1.61. The van der Waals surface area contributed by atoms with E-state index in [0.717, 1.165) is 0 Å². The summed E-state index contributed by atoms with van der Waals surface area (Å²) in [5.41, 5.74) is 0. The lowest BCUT2D eigenvalue weighted by Gasteiger charge is -2.27.